The van der Waals surface area contributed by atoms with Crippen LogP contribution in [0.25, 0.3) is 11.4 Å². The summed E-state index contributed by atoms with van der Waals surface area (Å²) in [4.78, 5) is 12.1. The van der Waals surface area contributed by atoms with E-state index in [1.54, 1.807) is 14.2 Å². The molecular weight excluding hydrogens is 526 g/mol. The fourth-order valence-electron chi connectivity index (χ4n) is 3.27. The maximum absolute atomic E-state index is 12.9. The topological polar surface area (TPSA) is 81.7 Å². The lowest BCUT2D eigenvalue weighted by molar-refractivity contribution is -0.181. The van der Waals surface area contributed by atoms with Crippen LogP contribution in [0.2, 0.25) is 0 Å². The van der Waals surface area contributed by atoms with Gasteiger partial charge in [0, 0.05) is 38.8 Å². The van der Waals surface area contributed by atoms with E-state index in [0.29, 0.717) is 50.3 Å². The fraction of sp³-hybridized carbons (Fsp3) is 0.526. The van der Waals surface area contributed by atoms with Gasteiger partial charge in [-0.2, -0.15) is 18.3 Å². The van der Waals surface area contributed by atoms with E-state index in [1.165, 1.54) is 11.8 Å². The van der Waals surface area contributed by atoms with Gasteiger partial charge in [-0.05, 0) is 31.2 Å². The average Bonchev–Trinajstić information content (AvgIpc) is 3.22. The number of methoxy groups -OCH3 is 1. The summed E-state index contributed by atoms with van der Waals surface area (Å²) in [5.41, 5.74) is 0.859. The molecule has 2 heterocycles. The van der Waals surface area contributed by atoms with Crippen molar-refractivity contribution < 1.29 is 17.9 Å². The number of nitrogens with zero attached hydrogens (tertiary/aromatic N) is 5. The SMILES string of the molecule is CN=C(NCc1nc(-c2ccc(OC)cc2)n[nH]1)N1CCN(C(C)C(F)(F)F)CC1.I. The molecule has 0 bridgehead atoms. The highest BCUT2D eigenvalue weighted by Gasteiger charge is 2.41. The largest absolute Gasteiger partial charge is 0.497 e. The number of alkyl halides is 3. The Kier molecular flexibility index (Phi) is 8.91. The third-order valence-electron chi connectivity index (χ3n) is 5.14. The molecule has 1 aliphatic rings. The van der Waals surface area contributed by atoms with Crippen molar-refractivity contribution in [1.29, 1.82) is 0 Å². The molecule has 0 aliphatic carbocycles. The van der Waals surface area contributed by atoms with Gasteiger partial charge in [0.2, 0.25) is 0 Å². The van der Waals surface area contributed by atoms with Gasteiger partial charge in [0.05, 0.1) is 13.7 Å². The zero-order valence-electron chi connectivity index (χ0n) is 17.6. The van der Waals surface area contributed by atoms with Crippen molar-refractivity contribution in [3.05, 3.63) is 30.1 Å². The molecule has 1 fully saturated rings. The van der Waals surface area contributed by atoms with Crippen molar-refractivity contribution in [2.75, 3.05) is 40.3 Å². The summed E-state index contributed by atoms with van der Waals surface area (Å²) < 4.78 is 43.9. The quantitative estimate of drug-likeness (QED) is 0.337. The van der Waals surface area contributed by atoms with Crippen LogP contribution in [0.1, 0.15) is 12.7 Å². The van der Waals surface area contributed by atoms with Crippen molar-refractivity contribution in [1.82, 2.24) is 30.3 Å². The molecule has 1 saturated heterocycles. The molecule has 2 aromatic rings. The smallest absolute Gasteiger partial charge is 0.403 e. The molecule has 1 atom stereocenters. The Hall–Kier alpha value is -2.09. The molecule has 0 radical (unpaired) electrons. The molecule has 1 aromatic heterocycles. The lowest BCUT2D eigenvalue weighted by Crippen LogP contribution is -2.56. The van der Waals surface area contributed by atoms with Gasteiger partial charge < -0.3 is 15.0 Å². The number of nitrogens with one attached hydrogen (secondary N) is 2. The van der Waals surface area contributed by atoms with Crippen molar-refractivity contribution in [2.24, 2.45) is 4.99 Å². The molecule has 3 rings (SSSR count). The first-order valence-electron chi connectivity index (χ1n) is 9.64. The molecule has 2 N–H and O–H groups in total. The van der Waals surface area contributed by atoms with E-state index < -0.39 is 12.2 Å². The Morgan fingerprint density at radius 2 is 1.87 bits per heavy atom. The Morgan fingerprint density at radius 1 is 1.23 bits per heavy atom. The second-order valence-electron chi connectivity index (χ2n) is 6.98. The summed E-state index contributed by atoms with van der Waals surface area (Å²) in [5, 5.41) is 10.3. The molecule has 12 heteroatoms. The van der Waals surface area contributed by atoms with E-state index in [0.717, 1.165) is 11.3 Å². The maximum Gasteiger partial charge on any atom is 0.403 e. The van der Waals surface area contributed by atoms with Gasteiger partial charge in [-0.3, -0.25) is 15.0 Å². The number of aromatic nitrogens is 3. The fourth-order valence-corrected chi connectivity index (χ4v) is 3.27. The number of guanidine groups is 1. The van der Waals surface area contributed by atoms with Gasteiger partial charge in [-0.25, -0.2) is 4.98 Å². The number of aliphatic imine (C=N–C) groups is 1. The Morgan fingerprint density at radius 3 is 2.42 bits per heavy atom. The van der Waals surface area contributed by atoms with Crippen LogP contribution in [0.3, 0.4) is 0 Å². The van der Waals surface area contributed by atoms with Crippen LogP contribution in [-0.2, 0) is 6.54 Å². The summed E-state index contributed by atoms with van der Waals surface area (Å²) >= 11 is 0. The second-order valence-corrected chi connectivity index (χ2v) is 6.98. The van der Waals surface area contributed by atoms with Crippen molar-refractivity contribution in [2.45, 2.75) is 25.7 Å². The maximum atomic E-state index is 12.9. The van der Waals surface area contributed by atoms with E-state index in [4.69, 9.17) is 4.74 Å². The minimum atomic E-state index is -4.21. The minimum absolute atomic E-state index is 0. The Bertz CT molecular complexity index is 849. The van der Waals surface area contributed by atoms with E-state index in [1.807, 2.05) is 29.2 Å². The molecule has 0 saturated carbocycles. The first-order valence-corrected chi connectivity index (χ1v) is 9.64. The zero-order valence-corrected chi connectivity index (χ0v) is 19.9. The predicted molar refractivity (Wildman–Crippen MR) is 123 cm³/mol. The van der Waals surface area contributed by atoms with Gasteiger partial charge >= 0.3 is 6.18 Å². The summed E-state index contributed by atoms with van der Waals surface area (Å²) in [6.07, 6.45) is -4.21. The number of aromatic amines is 1. The molecule has 1 aromatic carbocycles. The van der Waals surface area contributed by atoms with Crippen LogP contribution in [0, 0.1) is 0 Å². The minimum Gasteiger partial charge on any atom is -0.497 e. The zero-order chi connectivity index (χ0) is 21.7. The van der Waals surface area contributed by atoms with Crippen LogP contribution < -0.4 is 10.1 Å². The number of H-pyrrole nitrogens is 1. The molecule has 0 amide bonds. The van der Waals surface area contributed by atoms with Crippen molar-refractivity contribution in [3.8, 4) is 17.1 Å². The van der Waals surface area contributed by atoms with Gasteiger partial charge in [-0.1, -0.05) is 0 Å². The number of hydrogen-bond acceptors (Lipinski definition) is 5. The monoisotopic (exact) mass is 553 g/mol. The highest BCUT2D eigenvalue weighted by atomic mass is 127. The molecule has 1 aliphatic heterocycles. The summed E-state index contributed by atoms with van der Waals surface area (Å²) in [6, 6.07) is 5.98. The van der Waals surface area contributed by atoms with E-state index in [-0.39, 0.29) is 24.0 Å². The molecule has 0 spiro atoms. The number of halogens is 4. The Balaban J connectivity index is 0.00000341. The van der Waals surface area contributed by atoms with Gasteiger partial charge in [0.15, 0.2) is 11.8 Å². The van der Waals surface area contributed by atoms with E-state index in [2.05, 4.69) is 25.5 Å². The lowest BCUT2D eigenvalue weighted by Gasteiger charge is -2.39. The van der Waals surface area contributed by atoms with Gasteiger partial charge in [0.25, 0.3) is 0 Å². The molecule has 31 heavy (non-hydrogen) atoms. The molecule has 172 valence electrons. The number of benzene rings is 1. The van der Waals surface area contributed by atoms with Crippen LogP contribution >= 0.6 is 24.0 Å². The third kappa shape index (κ3) is 6.45. The van der Waals surface area contributed by atoms with Crippen LogP contribution in [0.4, 0.5) is 13.2 Å². The lowest BCUT2D eigenvalue weighted by atomic mass is 10.2. The molecule has 8 nitrogen and oxygen atoms in total. The number of ether oxygens (including phenoxy) is 1. The second kappa shape index (κ2) is 11.0. The molecular formula is C19H27F3IN7O. The van der Waals surface area contributed by atoms with E-state index >= 15 is 0 Å². The van der Waals surface area contributed by atoms with Gasteiger partial charge in [-0.15, -0.1) is 24.0 Å². The highest BCUT2D eigenvalue weighted by molar-refractivity contribution is 14.0. The first kappa shape index (κ1) is 25.2. The summed E-state index contributed by atoms with van der Waals surface area (Å²) in [7, 11) is 3.26. The number of rotatable bonds is 5. The normalized spacial score (nSPS) is 16.6. The average molecular weight is 553 g/mol. The number of piperazine rings is 1. The van der Waals surface area contributed by atoms with Crippen LogP contribution in [-0.4, -0.2) is 83.5 Å². The van der Waals surface area contributed by atoms with Crippen LogP contribution in [0.5, 0.6) is 5.75 Å². The van der Waals surface area contributed by atoms with Crippen molar-refractivity contribution >= 4 is 29.9 Å². The summed E-state index contributed by atoms with van der Waals surface area (Å²) in [5.74, 6) is 2.58. The highest BCUT2D eigenvalue weighted by Crippen LogP contribution is 2.25. The Labute approximate surface area is 196 Å². The van der Waals surface area contributed by atoms with Crippen molar-refractivity contribution in [3.63, 3.8) is 0 Å². The predicted octanol–water partition coefficient (Wildman–Crippen LogP) is 2.74. The van der Waals surface area contributed by atoms with Crippen LogP contribution in [0.15, 0.2) is 29.3 Å². The number of hydrogen-bond donors (Lipinski definition) is 2. The third-order valence-corrected chi connectivity index (χ3v) is 5.14. The molecule has 1 unspecified atom stereocenters. The van der Waals surface area contributed by atoms with Gasteiger partial charge in [0.1, 0.15) is 17.6 Å². The summed E-state index contributed by atoms with van der Waals surface area (Å²) in [6.45, 7) is 3.15. The first-order chi connectivity index (χ1) is 14.3. The van der Waals surface area contributed by atoms with E-state index in [9.17, 15) is 13.2 Å². The standard InChI is InChI=1S/C19H26F3N7O.HI/c1-13(19(20,21)22)28-8-10-29(11-9-28)18(23-2)24-12-16-25-17(27-26-16)14-4-6-15(30-3)7-5-14;/h4-7,13H,8-12H2,1-3H3,(H,23,24)(H,25,26,27);1H.